The molecule has 0 unspecified atom stereocenters. The second-order valence-corrected chi connectivity index (χ2v) is 10.1. The lowest BCUT2D eigenvalue weighted by molar-refractivity contribution is 0.101. The van der Waals surface area contributed by atoms with E-state index in [0.717, 1.165) is 66.2 Å². The molecule has 9 nitrogen and oxygen atoms in total. The molecule has 194 valence electrons. The van der Waals surface area contributed by atoms with E-state index in [0.29, 0.717) is 18.2 Å². The molecule has 1 aliphatic carbocycles. The molecular weight excluding hydrogens is 499 g/mol. The van der Waals surface area contributed by atoms with E-state index >= 15 is 0 Å². The molecule has 2 aromatic heterocycles. The highest BCUT2D eigenvalue weighted by molar-refractivity contribution is 6.05. The van der Waals surface area contributed by atoms with Crippen molar-refractivity contribution in [2.75, 3.05) is 24.1 Å². The van der Waals surface area contributed by atoms with E-state index in [-0.39, 0.29) is 42.1 Å². The van der Waals surface area contributed by atoms with Gasteiger partial charge in [0.1, 0.15) is 0 Å². The van der Waals surface area contributed by atoms with Crippen molar-refractivity contribution in [1.82, 2.24) is 24.6 Å². The summed E-state index contributed by atoms with van der Waals surface area (Å²) in [6.07, 6.45) is 4.53. The van der Waals surface area contributed by atoms with Gasteiger partial charge in [0.2, 0.25) is 5.95 Å². The summed E-state index contributed by atoms with van der Waals surface area (Å²) in [4.78, 5) is 24.5. The van der Waals surface area contributed by atoms with Crippen molar-refractivity contribution in [3.05, 3.63) is 52.8 Å². The molecular formula is C25H34Cl2N8O. The lowest BCUT2D eigenvalue weighted by Gasteiger charge is -2.31. The van der Waals surface area contributed by atoms with E-state index in [1.165, 1.54) is 0 Å². The molecule has 1 amide bonds. The number of piperidine rings is 1. The number of hydrogen-bond donors (Lipinski definition) is 3. The Bertz CT molecular complexity index is 1250. The Morgan fingerprint density at radius 3 is 2.67 bits per heavy atom. The molecule has 1 aromatic carbocycles. The number of nitrogen functional groups attached to an aromatic ring is 1. The lowest BCUT2D eigenvalue weighted by Crippen LogP contribution is -2.39. The second kappa shape index (κ2) is 10.7. The predicted molar refractivity (Wildman–Crippen MR) is 147 cm³/mol. The van der Waals surface area contributed by atoms with E-state index in [9.17, 15) is 4.79 Å². The van der Waals surface area contributed by atoms with Crippen LogP contribution in [-0.4, -0.2) is 49.7 Å². The normalized spacial score (nSPS) is 16.8. The minimum atomic E-state index is -0.306. The van der Waals surface area contributed by atoms with Gasteiger partial charge >= 0.3 is 0 Å². The van der Waals surface area contributed by atoms with Crippen LogP contribution in [0.5, 0.6) is 0 Å². The molecule has 2 aliphatic rings. The Labute approximate surface area is 223 Å². The highest BCUT2D eigenvalue weighted by Gasteiger charge is 2.39. The molecule has 3 heterocycles. The molecule has 0 atom stereocenters. The number of benzene rings is 1. The molecule has 1 saturated heterocycles. The fraction of sp³-hybridized carbons (Fsp3) is 0.440. The van der Waals surface area contributed by atoms with Crippen LogP contribution in [0.25, 0.3) is 11.4 Å². The standard InChI is InChI=1S/C25H32N8O.2ClH/c1-25(2)12-16-13-28-24(27)30-20(16)22-19(25)21(31-32(22)3)23(34)29-18-6-4-5-15(11-18)14-33-9-7-17(26)8-10-33;;/h4-6,11,13,17H,7-10,12,14,26H2,1-3H3,(H,29,34)(H2,27,28,30);2*1H. The van der Waals surface area contributed by atoms with Gasteiger partial charge in [0.25, 0.3) is 5.91 Å². The van der Waals surface area contributed by atoms with E-state index in [1.807, 2.05) is 25.2 Å². The van der Waals surface area contributed by atoms with Gasteiger partial charge in [0, 0.05) is 37.1 Å². The van der Waals surface area contributed by atoms with Gasteiger partial charge in [-0.1, -0.05) is 26.0 Å². The van der Waals surface area contributed by atoms with E-state index in [2.05, 4.69) is 45.2 Å². The Hall–Kier alpha value is -2.72. The zero-order valence-electron chi connectivity index (χ0n) is 20.8. The van der Waals surface area contributed by atoms with Crippen molar-refractivity contribution in [2.45, 2.75) is 51.1 Å². The highest BCUT2D eigenvalue weighted by Crippen LogP contribution is 2.43. The molecule has 11 heteroatoms. The molecule has 0 saturated carbocycles. The molecule has 1 aliphatic heterocycles. The number of fused-ring (bicyclic) bond motifs is 3. The summed E-state index contributed by atoms with van der Waals surface area (Å²) in [6.45, 7) is 7.09. The van der Waals surface area contributed by atoms with Crippen molar-refractivity contribution < 1.29 is 4.79 Å². The van der Waals surface area contributed by atoms with Crippen LogP contribution in [0.15, 0.2) is 30.5 Å². The maximum atomic E-state index is 13.4. The van der Waals surface area contributed by atoms with Crippen LogP contribution in [0, 0.1) is 0 Å². The van der Waals surface area contributed by atoms with Gasteiger partial charge in [-0.3, -0.25) is 14.4 Å². The molecule has 5 rings (SSSR count). The smallest absolute Gasteiger partial charge is 0.276 e. The summed E-state index contributed by atoms with van der Waals surface area (Å²) in [5, 5.41) is 7.69. The van der Waals surface area contributed by atoms with Gasteiger partial charge in [-0.2, -0.15) is 5.10 Å². The van der Waals surface area contributed by atoms with Gasteiger partial charge in [-0.15, -0.1) is 24.8 Å². The third kappa shape index (κ3) is 5.34. The largest absolute Gasteiger partial charge is 0.368 e. The summed E-state index contributed by atoms with van der Waals surface area (Å²) in [7, 11) is 1.84. The summed E-state index contributed by atoms with van der Waals surface area (Å²) in [5.41, 5.74) is 17.4. The summed E-state index contributed by atoms with van der Waals surface area (Å²) < 4.78 is 1.73. The van der Waals surface area contributed by atoms with Gasteiger partial charge in [-0.05, 0) is 61.0 Å². The predicted octanol–water partition coefficient (Wildman–Crippen LogP) is 3.31. The fourth-order valence-electron chi connectivity index (χ4n) is 5.22. The number of nitrogens with one attached hydrogen (secondary N) is 1. The molecule has 5 N–H and O–H groups in total. The fourth-order valence-corrected chi connectivity index (χ4v) is 5.22. The number of rotatable bonds is 4. The van der Waals surface area contributed by atoms with Crippen LogP contribution in [0.4, 0.5) is 11.6 Å². The molecule has 36 heavy (non-hydrogen) atoms. The molecule has 1 fully saturated rings. The number of carbonyl (C=O) groups excluding carboxylic acids is 1. The summed E-state index contributed by atoms with van der Waals surface area (Å²) in [6, 6.07) is 8.34. The average molecular weight is 534 g/mol. The Kier molecular flexibility index (Phi) is 8.30. The third-order valence-corrected chi connectivity index (χ3v) is 6.90. The van der Waals surface area contributed by atoms with E-state index in [1.54, 1.807) is 10.9 Å². The maximum Gasteiger partial charge on any atom is 0.276 e. The number of nitrogens with zero attached hydrogens (tertiary/aromatic N) is 5. The minimum Gasteiger partial charge on any atom is -0.368 e. The van der Waals surface area contributed by atoms with Gasteiger partial charge < -0.3 is 16.8 Å². The molecule has 3 aromatic rings. The van der Waals surface area contributed by atoms with Crippen molar-refractivity contribution in [2.24, 2.45) is 12.8 Å². The zero-order chi connectivity index (χ0) is 24.0. The number of amides is 1. The van der Waals surface area contributed by atoms with Crippen LogP contribution in [-0.2, 0) is 25.4 Å². The van der Waals surface area contributed by atoms with Crippen molar-refractivity contribution in [3.8, 4) is 11.4 Å². The zero-order valence-corrected chi connectivity index (χ0v) is 22.5. The average Bonchev–Trinajstić information content (AvgIpc) is 3.15. The third-order valence-electron chi connectivity index (χ3n) is 6.90. The molecule has 0 bridgehead atoms. The van der Waals surface area contributed by atoms with Crippen molar-refractivity contribution >= 4 is 42.4 Å². The summed E-state index contributed by atoms with van der Waals surface area (Å²) in [5.74, 6) is -0.0133. The van der Waals surface area contributed by atoms with Crippen LogP contribution in [0.2, 0.25) is 0 Å². The first-order valence-electron chi connectivity index (χ1n) is 11.8. The monoisotopic (exact) mass is 532 g/mol. The number of aromatic nitrogens is 4. The highest BCUT2D eigenvalue weighted by atomic mass is 35.5. The Morgan fingerprint density at radius 1 is 1.22 bits per heavy atom. The first-order chi connectivity index (χ1) is 16.2. The topological polar surface area (TPSA) is 128 Å². The number of aryl methyl sites for hydroxylation is 1. The Balaban J connectivity index is 0.00000180. The number of likely N-dealkylation sites (tertiary alicyclic amines) is 1. The first kappa shape index (κ1) is 27.9. The van der Waals surface area contributed by atoms with E-state index in [4.69, 9.17) is 11.5 Å². The summed E-state index contributed by atoms with van der Waals surface area (Å²) >= 11 is 0. The number of nitrogens with two attached hydrogens (primary N) is 2. The molecule has 0 spiro atoms. The van der Waals surface area contributed by atoms with E-state index < -0.39 is 0 Å². The maximum absolute atomic E-state index is 13.4. The van der Waals surface area contributed by atoms with Crippen molar-refractivity contribution in [1.29, 1.82) is 0 Å². The number of halogens is 2. The molecule has 0 radical (unpaired) electrons. The minimum absolute atomic E-state index is 0. The quantitative estimate of drug-likeness (QED) is 0.470. The number of anilines is 2. The SMILES string of the molecule is Cl.Cl.Cn1nc(C(=O)Nc2cccc(CN3CCC(N)CC3)c2)c2c1-c1nc(N)ncc1CC2(C)C. The van der Waals surface area contributed by atoms with Crippen LogP contribution in [0.3, 0.4) is 0 Å². The van der Waals surface area contributed by atoms with Crippen molar-refractivity contribution in [3.63, 3.8) is 0 Å². The van der Waals surface area contributed by atoms with Crippen LogP contribution < -0.4 is 16.8 Å². The Morgan fingerprint density at radius 2 is 1.94 bits per heavy atom. The van der Waals surface area contributed by atoms with Gasteiger partial charge in [0.15, 0.2) is 5.69 Å². The van der Waals surface area contributed by atoms with Crippen LogP contribution in [0.1, 0.15) is 53.9 Å². The van der Waals surface area contributed by atoms with Gasteiger partial charge in [0.05, 0.1) is 11.4 Å². The van der Waals surface area contributed by atoms with Crippen LogP contribution >= 0.6 is 24.8 Å². The first-order valence-corrected chi connectivity index (χ1v) is 11.8. The number of carbonyl (C=O) groups is 1. The lowest BCUT2D eigenvalue weighted by atomic mass is 9.73. The number of hydrogen-bond acceptors (Lipinski definition) is 7. The second-order valence-electron chi connectivity index (χ2n) is 10.1. The van der Waals surface area contributed by atoms with Gasteiger partial charge in [-0.25, -0.2) is 9.97 Å².